The lowest BCUT2D eigenvalue weighted by Gasteiger charge is -2.27. The number of likely N-dealkylation sites (tertiary alicyclic amines) is 1. The molecule has 0 aliphatic carbocycles. The molecule has 1 aliphatic heterocycles. The third kappa shape index (κ3) is 5.79. The number of carbonyl (C=O) groups is 3. The van der Waals surface area contributed by atoms with E-state index in [0.717, 1.165) is 0 Å². The topological polar surface area (TPSA) is 95.9 Å². The molecule has 3 atom stereocenters. The van der Waals surface area contributed by atoms with E-state index < -0.39 is 54.1 Å². The van der Waals surface area contributed by atoms with Gasteiger partial charge in [0.05, 0.1) is 19.5 Å². The van der Waals surface area contributed by atoms with Gasteiger partial charge in [-0.1, -0.05) is 30.2 Å². The smallest absolute Gasteiger partial charge is 0.326 e. The van der Waals surface area contributed by atoms with Crippen LogP contribution < -0.4 is 5.32 Å². The number of carboxylic acids is 1. The molecule has 2 rings (SSSR count). The second kappa shape index (κ2) is 10.1. The molecule has 1 amide bonds. The lowest BCUT2D eigenvalue weighted by Crippen LogP contribution is -2.53. The third-order valence-electron chi connectivity index (χ3n) is 4.45. The molecule has 0 saturated carbocycles. The van der Waals surface area contributed by atoms with E-state index in [1.165, 1.54) is 11.8 Å². The van der Waals surface area contributed by atoms with Crippen molar-refractivity contribution >= 4 is 17.8 Å². The van der Waals surface area contributed by atoms with Crippen LogP contribution in [0, 0.1) is 0 Å². The van der Waals surface area contributed by atoms with Crippen LogP contribution in [0.4, 0.5) is 0 Å². The first-order valence-corrected chi connectivity index (χ1v) is 9.02. The number of rotatable bonds is 9. The van der Waals surface area contributed by atoms with E-state index >= 15 is 0 Å². The van der Waals surface area contributed by atoms with Crippen LogP contribution in [0.15, 0.2) is 30.2 Å². The van der Waals surface area contributed by atoms with E-state index in [4.69, 9.17) is 11.6 Å². The van der Waals surface area contributed by atoms with Crippen molar-refractivity contribution in [1.82, 2.24) is 10.2 Å². The number of carbonyl (C=O) groups excluding carboxylic acids is 2. The number of esters is 1. The van der Waals surface area contributed by atoms with Gasteiger partial charge < -0.3 is 14.7 Å². The number of ether oxygens (including phenoxy) is 1. The standard InChI is InChI=1S/C20H28N2O5/c1-3-27-20(26)16(12-11-15-8-5-4-6-9-15)21-14(2)18(23)22-13-7-10-17(22)19(24)25/h4-6,8-9,14,16-17,21H,3,7,10-13H2,1-2H3,(H,24,25)/t14-,16+,17-/m0/s1/i4D,5D,6D,8D,9D. The van der Waals surface area contributed by atoms with E-state index in [2.05, 4.69) is 5.32 Å². The molecule has 7 nitrogen and oxygen atoms in total. The van der Waals surface area contributed by atoms with Crippen LogP contribution in [0.25, 0.3) is 0 Å². The second-order valence-corrected chi connectivity index (χ2v) is 6.36. The maximum absolute atomic E-state index is 12.8. The molecule has 1 saturated heterocycles. The normalized spacial score (nSPS) is 21.3. The monoisotopic (exact) mass is 381 g/mol. The maximum Gasteiger partial charge on any atom is 0.326 e. The lowest BCUT2D eigenvalue weighted by molar-refractivity contribution is -0.150. The molecule has 1 heterocycles. The van der Waals surface area contributed by atoms with Crippen LogP contribution in [0.1, 0.15) is 45.5 Å². The molecule has 7 heteroatoms. The molecular formula is C20H28N2O5. The summed E-state index contributed by atoms with van der Waals surface area (Å²) >= 11 is 0. The van der Waals surface area contributed by atoms with Crippen molar-refractivity contribution in [3.8, 4) is 0 Å². The first kappa shape index (κ1) is 14.6. The Labute approximate surface area is 166 Å². The predicted octanol–water partition coefficient (Wildman–Crippen LogP) is 1.60. The van der Waals surface area contributed by atoms with Gasteiger partial charge in [0.2, 0.25) is 5.91 Å². The summed E-state index contributed by atoms with van der Waals surface area (Å²) in [4.78, 5) is 37.9. The molecule has 0 unspecified atom stereocenters. The van der Waals surface area contributed by atoms with Gasteiger partial charge in [-0.25, -0.2) is 4.79 Å². The highest BCUT2D eigenvalue weighted by molar-refractivity contribution is 5.88. The van der Waals surface area contributed by atoms with Crippen molar-refractivity contribution in [1.29, 1.82) is 0 Å². The lowest BCUT2D eigenvalue weighted by atomic mass is 10.0. The molecule has 148 valence electrons. The molecule has 1 aromatic rings. The van der Waals surface area contributed by atoms with Gasteiger partial charge in [0.25, 0.3) is 0 Å². The van der Waals surface area contributed by atoms with E-state index in [1.807, 2.05) is 0 Å². The zero-order chi connectivity index (χ0) is 24.2. The quantitative estimate of drug-likeness (QED) is 0.631. The Kier molecular flexibility index (Phi) is 5.45. The van der Waals surface area contributed by atoms with Gasteiger partial charge >= 0.3 is 11.9 Å². The van der Waals surface area contributed by atoms with Crippen LogP contribution in [-0.4, -0.2) is 59.1 Å². The Hall–Kier alpha value is -2.41. The highest BCUT2D eigenvalue weighted by Gasteiger charge is 2.36. The summed E-state index contributed by atoms with van der Waals surface area (Å²) in [6.07, 6.45) is 0.943. The summed E-state index contributed by atoms with van der Waals surface area (Å²) in [5.41, 5.74) is 0.0663. The Morgan fingerprint density at radius 2 is 2.07 bits per heavy atom. The van der Waals surface area contributed by atoms with Crippen LogP contribution in [0.5, 0.6) is 0 Å². The van der Waals surface area contributed by atoms with Gasteiger partial charge in [-0.3, -0.25) is 14.9 Å². The first-order chi connectivity index (χ1) is 15.0. The van der Waals surface area contributed by atoms with Crippen molar-refractivity contribution in [2.24, 2.45) is 0 Å². The molecule has 1 aromatic carbocycles. The molecular weight excluding hydrogens is 348 g/mol. The van der Waals surface area contributed by atoms with E-state index in [1.54, 1.807) is 6.92 Å². The first-order valence-electron chi connectivity index (χ1n) is 11.5. The summed E-state index contributed by atoms with van der Waals surface area (Å²) in [6, 6.07) is -4.88. The average Bonchev–Trinajstić information content (AvgIpc) is 3.25. The number of nitrogens with one attached hydrogen (secondary N) is 1. The zero-order valence-electron chi connectivity index (χ0n) is 20.5. The SMILES string of the molecule is [2H]c1c([2H])c([2H])c(CC[C@@H](N[C@@H](C)C(=O)N2CCC[C@H]2C(=O)O)C(=O)OCC)c([2H])c1[2H]. The maximum atomic E-state index is 12.8. The van der Waals surface area contributed by atoms with Gasteiger partial charge in [0, 0.05) is 6.54 Å². The number of carboxylic acid groups (broad SMARTS) is 1. The summed E-state index contributed by atoms with van der Waals surface area (Å²) in [5, 5.41) is 12.2. The fourth-order valence-electron chi connectivity index (χ4n) is 3.11. The van der Waals surface area contributed by atoms with Crippen molar-refractivity contribution < 1.29 is 31.1 Å². The van der Waals surface area contributed by atoms with Crippen LogP contribution in [0.3, 0.4) is 0 Å². The summed E-state index contributed by atoms with van der Waals surface area (Å²) < 4.78 is 44.4. The Balaban J connectivity index is 2.18. The van der Waals surface area contributed by atoms with Crippen LogP contribution in [-0.2, 0) is 25.5 Å². The summed E-state index contributed by atoms with van der Waals surface area (Å²) in [6.45, 7) is 3.56. The highest BCUT2D eigenvalue weighted by Crippen LogP contribution is 2.19. The molecule has 0 spiro atoms. The van der Waals surface area contributed by atoms with E-state index in [9.17, 15) is 19.5 Å². The van der Waals surface area contributed by atoms with Gasteiger partial charge in [0.15, 0.2) is 0 Å². The Morgan fingerprint density at radius 1 is 1.37 bits per heavy atom. The number of hydrogen-bond acceptors (Lipinski definition) is 5. The number of nitrogens with zero attached hydrogens (tertiary/aromatic N) is 1. The minimum absolute atomic E-state index is 0.0193. The largest absolute Gasteiger partial charge is 0.480 e. The van der Waals surface area contributed by atoms with Crippen LogP contribution >= 0.6 is 0 Å². The van der Waals surface area contributed by atoms with Gasteiger partial charge in [0.1, 0.15) is 12.1 Å². The number of hydrogen-bond donors (Lipinski definition) is 2. The highest BCUT2D eigenvalue weighted by atomic mass is 16.5. The molecule has 0 bridgehead atoms. The zero-order valence-corrected chi connectivity index (χ0v) is 15.5. The number of benzene rings is 1. The Morgan fingerprint density at radius 3 is 2.70 bits per heavy atom. The van der Waals surface area contributed by atoms with Crippen molar-refractivity contribution in [3.63, 3.8) is 0 Å². The Bertz CT molecular complexity index is 869. The van der Waals surface area contributed by atoms with Gasteiger partial charge in [-0.05, 0) is 45.1 Å². The van der Waals surface area contributed by atoms with Gasteiger partial charge in [-0.15, -0.1) is 0 Å². The minimum atomic E-state index is -1.08. The van der Waals surface area contributed by atoms with Crippen molar-refractivity contribution in [2.75, 3.05) is 13.2 Å². The molecule has 0 radical (unpaired) electrons. The molecule has 1 fully saturated rings. The average molecular weight is 381 g/mol. The third-order valence-corrected chi connectivity index (χ3v) is 4.45. The predicted molar refractivity (Wildman–Crippen MR) is 100 cm³/mol. The van der Waals surface area contributed by atoms with Crippen molar-refractivity contribution in [3.05, 3.63) is 35.8 Å². The summed E-state index contributed by atoms with van der Waals surface area (Å²) in [7, 11) is 0. The fraction of sp³-hybridized carbons (Fsp3) is 0.550. The van der Waals surface area contributed by atoms with E-state index in [-0.39, 0.29) is 37.1 Å². The molecule has 1 aliphatic rings. The van der Waals surface area contributed by atoms with Gasteiger partial charge in [-0.2, -0.15) is 0 Å². The molecule has 2 N–H and O–H groups in total. The second-order valence-electron chi connectivity index (χ2n) is 6.36. The molecule has 0 aromatic heterocycles. The van der Waals surface area contributed by atoms with Crippen LogP contribution in [0.2, 0.25) is 0 Å². The summed E-state index contributed by atoms with van der Waals surface area (Å²) in [5.74, 6) is -2.17. The minimum Gasteiger partial charge on any atom is -0.480 e. The van der Waals surface area contributed by atoms with E-state index in [0.29, 0.717) is 19.4 Å². The van der Waals surface area contributed by atoms with Crippen molar-refractivity contribution in [2.45, 2.75) is 57.7 Å². The number of amides is 1. The fourth-order valence-corrected chi connectivity index (χ4v) is 3.11. The number of aliphatic carboxylic acids is 1. The molecule has 27 heavy (non-hydrogen) atoms.